The lowest BCUT2D eigenvalue weighted by Gasteiger charge is -2.06. The number of nitrogens with one attached hydrogen (secondary N) is 1. The van der Waals surface area contributed by atoms with Gasteiger partial charge in [0.05, 0.1) is 12.4 Å². The standard InChI is InChI=1S/C12H9BrN4/c1-8-2-3-9(4-11(8)13)17-12-7-15-10(5-14)6-16-12/h2-4,6-7H,1H3,(H,16,17). The Hall–Kier alpha value is -1.93. The molecule has 0 fully saturated rings. The maximum Gasteiger partial charge on any atom is 0.158 e. The van der Waals surface area contributed by atoms with Crippen molar-refractivity contribution < 1.29 is 0 Å². The molecule has 1 N–H and O–H groups in total. The normalized spacial score (nSPS) is 9.71. The van der Waals surface area contributed by atoms with Crippen LogP contribution in [0.5, 0.6) is 0 Å². The van der Waals surface area contributed by atoms with Crippen LogP contribution in [0.3, 0.4) is 0 Å². The van der Waals surface area contributed by atoms with Crippen LogP contribution in [0.2, 0.25) is 0 Å². The summed E-state index contributed by atoms with van der Waals surface area (Å²) in [6, 6.07) is 7.85. The van der Waals surface area contributed by atoms with E-state index in [0.29, 0.717) is 11.5 Å². The van der Waals surface area contributed by atoms with Gasteiger partial charge < -0.3 is 5.32 Å². The first-order valence-corrected chi connectivity index (χ1v) is 5.73. The van der Waals surface area contributed by atoms with Gasteiger partial charge in [-0.25, -0.2) is 9.97 Å². The first-order valence-electron chi connectivity index (χ1n) is 4.94. The minimum atomic E-state index is 0.306. The molecule has 0 aliphatic carbocycles. The van der Waals surface area contributed by atoms with Gasteiger partial charge in [-0.05, 0) is 24.6 Å². The molecule has 1 heterocycles. The number of nitrogens with zero attached hydrogens (tertiary/aromatic N) is 3. The highest BCUT2D eigenvalue weighted by Gasteiger charge is 2.00. The number of anilines is 2. The number of hydrogen-bond donors (Lipinski definition) is 1. The lowest BCUT2D eigenvalue weighted by molar-refractivity contribution is 1.16. The minimum Gasteiger partial charge on any atom is -0.339 e. The van der Waals surface area contributed by atoms with Gasteiger partial charge in [-0.15, -0.1) is 0 Å². The van der Waals surface area contributed by atoms with Crippen LogP contribution in [0.15, 0.2) is 35.1 Å². The van der Waals surface area contributed by atoms with Gasteiger partial charge in [0, 0.05) is 10.2 Å². The van der Waals surface area contributed by atoms with Crippen LogP contribution in [-0.4, -0.2) is 9.97 Å². The summed E-state index contributed by atoms with van der Waals surface area (Å²) in [7, 11) is 0. The number of aromatic nitrogens is 2. The van der Waals surface area contributed by atoms with Crippen molar-refractivity contribution in [2.45, 2.75) is 6.92 Å². The molecule has 1 aromatic carbocycles. The van der Waals surface area contributed by atoms with E-state index in [-0.39, 0.29) is 0 Å². The summed E-state index contributed by atoms with van der Waals surface area (Å²) in [4.78, 5) is 8.02. The fourth-order valence-corrected chi connectivity index (χ4v) is 1.65. The molecule has 1 aromatic heterocycles. The molecule has 2 aromatic rings. The highest BCUT2D eigenvalue weighted by atomic mass is 79.9. The van der Waals surface area contributed by atoms with Crippen LogP contribution in [-0.2, 0) is 0 Å². The zero-order valence-corrected chi connectivity index (χ0v) is 10.7. The Balaban J connectivity index is 2.20. The molecule has 5 heteroatoms. The van der Waals surface area contributed by atoms with Gasteiger partial charge in [0.1, 0.15) is 11.9 Å². The second-order valence-corrected chi connectivity index (χ2v) is 4.34. The molecular weight excluding hydrogens is 280 g/mol. The number of nitriles is 1. The quantitative estimate of drug-likeness (QED) is 0.922. The van der Waals surface area contributed by atoms with Gasteiger partial charge in [-0.3, -0.25) is 0 Å². The van der Waals surface area contributed by atoms with Crippen molar-refractivity contribution in [1.29, 1.82) is 5.26 Å². The van der Waals surface area contributed by atoms with Crippen LogP contribution in [0.4, 0.5) is 11.5 Å². The maximum atomic E-state index is 8.61. The summed E-state index contributed by atoms with van der Waals surface area (Å²) in [5, 5.41) is 11.7. The molecule has 0 atom stereocenters. The van der Waals surface area contributed by atoms with Crippen molar-refractivity contribution in [2.24, 2.45) is 0 Å². The fourth-order valence-electron chi connectivity index (χ4n) is 1.27. The minimum absolute atomic E-state index is 0.306. The largest absolute Gasteiger partial charge is 0.339 e. The van der Waals surface area contributed by atoms with Crippen LogP contribution >= 0.6 is 15.9 Å². The molecule has 0 radical (unpaired) electrons. The molecule has 0 aliphatic heterocycles. The molecule has 0 amide bonds. The Bertz CT molecular complexity index is 572. The van der Waals surface area contributed by atoms with E-state index in [2.05, 4.69) is 31.2 Å². The van der Waals surface area contributed by atoms with Crippen LogP contribution in [0.1, 0.15) is 11.3 Å². The van der Waals surface area contributed by atoms with E-state index in [1.54, 1.807) is 0 Å². The molecule has 0 aliphatic rings. The van der Waals surface area contributed by atoms with Crippen LogP contribution in [0.25, 0.3) is 0 Å². The van der Waals surface area contributed by atoms with Gasteiger partial charge >= 0.3 is 0 Å². The topological polar surface area (TPSA) is 61.6 Å². The number of hydrogen-bond acceptors (Lipinski definition) is 4. The summed E-state index contributed by atoms with van der Waals surface area (Å²) >= 11 is 3.46. The zero-order valence-electron chi connectivity index (χ0n) is 9.11. The lowest BCUT2D eigenvalue weighted by Crippen LogP contribution is -1.95. The number of aryl methyl sites for hydroxylation is 1. The van der Waals surface area contributed by atoms with Crippen LogP contribution < -0.4 is 5.32 Å². The van der Waals surface area contributed by atoms with Crippen molar-refractivity contribution in [3.63, 3.8) is 0 Å². The Labute approximate surface area is 107 Å². The molecule has 0 bridgehead atoms. The number of halogens is 1. The second-order valence-electron chi connectivity index (χ2n) is 3.49. The van der Waals surface area contributed by atoms with Crippen molar-refractivity contribution in [3.05, 3.63) is 46.3 Å². The third kappa shape index (κ3) is 2.80. The third-order valence-corrected chi connectivity index (χ3v) is 3.06. The molecule has 84 valence electrons. The Morgan fingerprint density at radius 1 is 1.29 bits per heavy atom. The summed E-state index contributed by atoms with van der Waals surface area (Å²) in [6.07, 6.45) is 2.97. The SMILES string of the molecule is Cc1ccc(Nc2cnc(C#N)cn2)cc1Br. The van der Waals surface area contributed by atoms with Gasteiger partial charge in [0.2, 0.25) is 0 Å². The van der Waals surface area contributed by atoms with Gasteiger partial charge in [-0.1, -0.05) is 22.0 Å². The average Bonchev–Trinajstić information content (AvgIpc) is 2.35. The molecule has 0 spiro atoms. The third-order valence-electron chi connectivity index (χ3n) is 2.21. The van der Waals surface area contributed by atoms with E-state index in [0.717, 1.165) is 10.2 Å². The van der Waals surface area contributed by atoms with E-state index in [1.165, 1.54) is 18.0 Å². The molecule has 0 saturated heterocycles. The van der Waals surface area contributed by atoms with E-state index in [1.807, 2.05) is 31.2 Å². The van der Waals surface area contributed by atoms with E-state index >= 15 is 0 Å². The lowest BCUT2D eigenvalue weighted by atomic mass is 10.2. The van der Waals surface area contributed by atoms with Crippen molar-refractivity contribution in [3.8, 4) is 6.07 Å². The van der Waals surface area contributed by atoms with E-state index in [9.17, 15) is 0 Å². The number of rotatable bonds is 2. The molecule has 17 heavy (non-hydrogen) atoms. The Morgan fingerprint density at radius 3 is 2.71 bits per heavy atom. The van der Waals surface area contributed by atoms with Crippen molar-refractivity contribution in [1.82, 2.24) is 9.97 Å². The summed E-state index contributed by atoms with van der Waals surface area (Å²) in [5.74, 6) is 0.611. The zero-order chi connectivity index (χ0) is 12.3. The van der Waals surface area contributed by atoms with Crippen molar-refractivity contribution >= 4 is 27.4 Å². The molecule has 0 unspecified atom stereocenters. The van der Waals surface area contributed by atoms with E-state index < -0.39 is 0 Å². The Morgan fingerprint density at radius 2 is 2.12 bits per heavy atom. The second kappa shape index (κ2) is 4.93. The fraction of sp³-hybridized carbons (Fsp3) is 0.0833. The van der Waals surface area contributed by atoms with Crippen LogP contribution in [0, 0.1) is 18.3 Å². The summed E-state index contributed by atoms with van der Waals surface area (Å²) < 4.78 is 1.03. The number of benzene rings is 1. The summed E-state index contributed by atoms with van der Waals surface area (Å²) in [5.41, 5.74) is 2.39. The molecule has 4 nitrogen and oxygen atoms in total. The van der Waals surface area contributed by atoms with Gasteiger partial charge in [-0.2, -0.15) is 5.26 Å². The first-order chi connectivity index (χ1) is 8.19. The average molecular weight is 289 g/mol. The van der Waals surface area contributed by atoms with E-state index in [4.69, 9.17) is 5.26 Å². The monoisotopic (exact) mass is 288 g/mol. The first kappa shape index (κ1) is 11.6. The maximum absolute atomic E-state index is 8.61. The molecular formula is C12H9BrN4. The van der Waals surface area contributed by atoms with Gasteiger partial charge in [0.15, 0.2) is 5.69 Å². The molecule has 0 saturated carbocycles. The predicted molar refractivity (Wildman–Crippen MR) is 68.9 cm³/mol. The Kier molecular flexibility index (Phi) is 3.35. The molecule has 2 rings (SSSR count). The van der Waals surface area contributed by atoms with Gasteiger partial charge in [0.25, 0.3) is 0 Å². The highest BCUT2D eigenvalue weighted by Crippen LogP contribution is 2.22. The predicted octanol–water partition coefficient (Wildman–Crippen LogP) is 3.16. The summed E-state index contributed by atoms with van der Waals surface area (Å²) in [6.45, 7) is 2.02. The van der Waals surface area contributed by atoms with Crippen molar-refractivity contribution in [2.75, 3.05) is 5.32 Å². The smallest absolute Gasteiger partial charge is 0.158 e. The highest BCUT2D eigenvalue weighted by molar-refractivity contribution is 9.10.